The molecule has 0 bridgehead atoms. The lowest BCUT2D eigenvalue weighted by Crippen LogP contribution is -2.68. The van der Waals surface area contributed by atoms with Gasteiger partial charge in [-0.15, -0.1) is 0 Å². The number of anilines is 1. The van der Waals surface area contributed by atoms with Crippen molar-refractivity contribution >= 4 is 17.6 Å². The summed E-state index contributed by atoms with van der Waals surface area (Å²) in [5.41, 5.74) is 5.83. The van der Waals surface area contributed by atoms with Crippen molar-refractivity contribution in [1.82, 2.24) is 4.90 Å². The Morgan fingerprint density at radius 3 is 2.65 bits per heavy atom. The van der Waals surface area contributed by atoms with Crippen LogP contribution < -0.4 is 10.6 Å². The molecular formula is C20H27N3O3. The van der Waals surface area contributed by atoms with E-state index in [1.54, 1.807) is 11.8 Å². The zero-order valence-corrected chi connectivity index (χ0v) is 15.5. The molecule has 1 saturated carbocycles. The van der Waals surface area contributed by atoms with Crippen LogP contribution in [-0.4, -0.2) is 48.7 Å². The van der Waals surface area contributed by atoms with Crippen molar-refractivity contribution in [2.45, 2.75) is 56.1 Å². The highest BCUT2D eigenvalue weighted by Crippen LogP contribution is 2.54. The predicted octanol–water partition coefficient (Wildman–Crippen LogP) is 1.77. The van der Waals surface area contributed by atoms with Crippen molar-refractivity contribution < 1.29 is 14.3 Å². The van der Waals surface area contributed by atoms with Gasteiger partial charge in [-0.25, -0.2) is 0 Å². The molecule has 2 heterocycles. The van der Waals surface area contributed by atoms with Crippen molar-refractivity contribution in [2.24, 2.45) is 5.73 Å². The number of fused-ring (bicyclic) bond motifs is 3. The van der Waals surface area contributed by atoms with E-state index >= 15 is 0 Å². The molecule has 0 radical (unpaired) electrons. The lowest BCUT2D eigenvalue weighted by molar-refractivity contribution is -0.152. The van der Waals surface area contributed by atoms with Gasteiger partial charge in [0, 0.05) is 25.3 Å². The first-order valence-corrected chi connectivity index (χ1v) is 9.59. The van der Waals surface area contributed by atoms with Crippen molar-refractivity contribution in [2.75, 3.05) is 25.1 Å². The Morgan fingerprint density at radius 1 is 1.27 bits per heavy atom. The average molecular weight is 357 g/mol. The quantitative estimate of drug-likeness (QED) is 0.835. The van der Waals surface area contributed by atoms with E-state index < -0.39 is 17.0 Å². The molecule has 0 unspecified atom stereocenters. The molecular weight excluding hydrogens is 330 g/mol. The molecule has 0 spiro atoms. The molecule has 1 saturated heterocycles. The average Bonchev–Trinajstić information content (AvgIpc) is 3.02. The number of benzene rings is 1. The van der Waals surface area contributed by atoms with Gasteiger partial charge in [0.05, 0.1) is 6.61 Å². The van der Waals surface area contributed by atoms with E-state index in [1.807, 2.05) is 36.2 Å². The lowest BCUT2D eigenvalue weighted by atomic mass is 9.74. The molecule has 26 heavy (non-hydrogen) atoms. The van der Waals surface area contributed by atoms with E-state index in [0.717, 1.165) is 36.9 Å². The Balaban J connectivity index is 1.86. The van der Waals surface area contributed by atoms with Crippen LogP contribution >= 0.6 is 0 Å². The minimum absolute atomic E-state index is 0.156. The van der Waals surface area contributed by atoms with E-state index in [1.165, 1.54) is 6.42 Å². The van der Waals surface area contributed by atoms with Gasteiger partial charge in [-0.1, -0.05) is 37.5 Å². The second-order valence-electron chi connectivity index (χ2n) is 7.69. The topological polar surface area (TPSA) is 75.9 Å². The molecule has 3 aliphatic rings. The fraction of sp³-hybridized carbons (Fsp3) is 0.600. The number of esters is 1. The fourth-order valence-corrected chi connectivity index (χ4v) is 5.16. The number of likely N-dealkylation sites (tertiary alicyclic amines) is 1. The standard InChI is InChI=1S/C20H27N3O3/c1-3-26-18(25)19-13-23(14-9-5-4-6-10-14)17(24)20(19,21)22(2)16-12-8-7-11-15(16)19/h7-8,11-12,14H,3-6,9-10,13,21H2,1-2H3/t19-,20+/m0/s1. The van der Waals surface area contributed by atoms with Crippen LogP contribution in [-0.2, 0) is 19.7 Å². The van der Waals surface area contributed by atoms with Crippen LogP contribution in [0.15, 0.2) is 24.3 Å². The summed E-state index contributed by atoms with van der Waals surface area (Å²) < 4.78 is 5.46. The van der Waals surface area contributed by atoms with Crippen LogP contribution in [0.1, 0.15) is 44.6 Å². The first kappa shape index (κ1) is 17.3. The smallest absolute Gasteiger partial charge is 0.322 e. The van der Waals surface area contributed by atoms with Crippen LogP contribution in [0.5, 0.6) is 0 Å². The number of nitrogens with two attached hydrogens (primary N) is 1. The Kier molecular flexibility index (Phi) is 3.99. The molecule has 6 heteroatoms. The number of ether oxygens (including phenoxy) is 1. The van der Waals surface area contributed by atoms with E-state index in [4.69, 9.17) is 10.5 Å². The van der Waals surface area contributed by atoms with Crippen LogP contribution in [0.25, 0.3) is 0 Å². The minimum atomic E-state index is -1.43. The fourth-order valence-electron chi connectivity index (χ4n) is 5.16. The summed E-state index contributed by atoms with van der Waals surface area (Å²) >= 11 is 0. The summed E-state index contributed by atoms with van der Waals surface area (Å²) in [6, 6.07) is 7.79. The third kappa shape index (κ3) is 1.96. The number of carbonyl (C=O) groups is 2. The largest absolute Gasteiger partial charge is 0.465 e. The van der Waals surface area contributed by atoms with Gasteiger partial charge in [0.15, 0.2) is 11.1 Å². The minimum Gasteiger partial charge on any atom is -0.465 e. The maximum atomic E-state index is 13.6. The molecule has 2 fully saturated rings. The molecule has 1 aliphatic carbocycles. The summed E-state index contributed by atoms with van der Waals surface area (Å²) in [5, 5.41) is 0. The van der Waals surface area contributed by atoms with Gasteiger partial charge in [-0.3, -0.25) is 15.3 Å². The number of hydrogen-bond donors (Lipinski definition) is 1. The van der Waals surface area contributed by atoms with Gasteiger partial charge < -0.3 is 14.5 Å². The van der Waals surface area contributed by atoms with Gasteiger partial charge in [0.2, 0.25) is 0 Å². The van der Waals surface area contributed by atoms with Crippen LogP contribution in [0.3, 0.4) is 0 Å². The monoisotopic (exact) mass is 357 g/mol. The molecule has 1 amide bonds. The number of carbonyl (C=O) groups excluding carboxylic acids is 2. The second-order valence-corrected chi connectivity index (χ2v) is 7.69. The highest BCUT2D eigenvalue weighted by molar-refractivity contribution is 6.07. The molecule has 2 aliphatic heterocycles. The molecule has 6 nitrogen and oxygen atoms in total. The zero-order chi connectivity index (χ0) is 18.5. The van der Waals surface area contributed by atoms with Crippen LogP contribution in [0.2, 0.25) is 0 Å². The first-order valence-electron chi connectivity index (χ1n) is 9.59. The van der Waals surface area contributed by atoms with Crippen molar-refractivity contribution in [1.29, 1.82) is 0 Å². The Labute approximate surface area is 154 Å². The molecule has 0 aromatic heterocycles. The number of likely N-dealkylation sites (N-methyl/N-ethyl adjacent to an activating group) is 1. The molecule has 140 valence electrons. The predicted molar refractivity (Wildman–Crippen MR) is 98.7 cm³/mol. The normalized spacial score (nSPS) is 31.1. The molecule has 4 rings (SSSR count). The highest BCUT2D eigenvalue weighted by Gasteiger charge is 2.74. The van der Waals surface area contributed by atoms with Crippen LogP contribution in [0, 0.1) is 0 Å². The summed E-state index contributed by atoms with van der Waals surface area (Å²) in [6.07, 6.45) is 5.39. The van der Waals surface area contributed by atoms with E-state index in [2.05, 4.69) is 0 Å². The summed E-state index contributed by atoms with van der Waals surface area (Å²) in [5.74, 6) is -0.554. The Bertz CT molecular complexity index is 746. The summed E-state index contributed by atoms with van der Waals surface area (Å²) in [6.45, 7) is 2.35. The van der Waals surface area contributed by atoms with Crippen LogP contribution in [0.4, 0.5) is 5.69 Å². The number of nitrogens with zero attached hydrogens (tertiary/aromatic N) is 2. The molecule has 1 aromatic carbocycles. The van der Waals surface area contributed by atoms with Gasteiger partial charge in [0.25, 0.3) is 5.91 Å². The SMILES string of the molecule is CCOC(=O)[C@@]12CN(C3CCCCC3)C(=O)[C@@]1(N)N(C)c1ccccc12. The van der Waals surface area contributed by atoms with Crippen molar-refractivity contribution in [3.05, 3.63) is 29.8 Å². The highest BCUT2D eigenvalue weighted by atomic mass is 16.5. The zero-order valence-electron chi connectivity index (χ0n) is 15.5. The van der Waals surface area contributed by atoms with E-state index in [0.29, 0.717) is 6.54 Å². The maximum Gasteiger partial charge on any atom is 0.322 e. The van der Waals surface area contributed by atoms with Crippen molar-refractivity contribution in [3.8, 4) is 0 Å². The Hall–Kier alpha value is -2.08. The number of hydrogen-bond acceptors (Lipinski definition) is 5. The van der Waals surface area contributed by atoms with E-state index in [9.17, 15) is 9.59 Å². The summed E-state index contributed by atoms with van der Waals surface area (Å²) in [7, 11) is 1.81. The molecule has 2 atom stereocenters. The molecule has 2 N–H and O–H groups in total. The van der Waals surface area contributed by atoms with E-state index in [-0.39, 0.29) is 18.6 Å². The Morgan fingerprint density at radius 2 is 1.96 bits per heavy atom. The van der Waals surface area contributed by atoms with Gasteiger partial charge in [0.1, 0.15) is 0 Å². The first-order chi connectivity index (χ1) is 12.5. The number of rotatable bonds is 3. The van der Waals surface area contributed by atoms with Gasteiger partial charge >= 0.3 is 5.97 Å². The number of para-hydroxylation sites is 1. The molecule has 1 aromatic rings. The third-order valence-electron chi connectivity index (χ3n) is 6.54. The van der Waals surface area contributed by atoms with Gasteiger partial charge in [-0.2, -0.15) is 0 Å². The van der Waals surface area contributed by atoms with Gasteiger partial charge in [-0.05, 0) is 31.4 Å². The summed E-state index contributed by atoms with van der Waals surface area (Å²) in [4.78, 5) is 30.4. The second kappa shape index (κ2) is 5.98. The third-order valence-corrected chi connectivity index (χ3v) is 6.54. The maximum absolute atomic E-state index is 13.6. The number of amides is 1. The lowest BCUT2D eigenvalue weighted by Gasteiger charge is -2.37. The van der Waals surface area contributed by atoms with Crippen molar-refractivity contribution in [3.63, 3.8) is 0 Å².